The number of unbranched alkanes of at least 4 members (excludes halogenated alkanes) is 2. The molecule has 1 N–H and O–H groups in total. The van der Waals surface area contributed by atoms with Crippen LogP contribution in [0.2, 0.25) is 0 Å². The summed E-state index contributed by atoms with van der Waals surface area (Å²) in [7, 11) is 0. The summed E-state index contributed by atoms with van der Waals surface area (Å²) in [6.07, 6.45) is 31.5. The number of Topliss-reactive ketones (excluding diaryl/α,β-unsaturated/α-hetero) is 1. The second-order valence-corrected chi connectivity index (χ2v) is 12.5. The van der Waals surface area contributed by atoms with Crippen molar-refractivity contribution in [2.45, 2.75) is 104 Å². The standard InChI is InChI=1S/C38H54O5S/c1-5-7-8-9-10-11-12-13-14-15-16-17-18-19-20-21-22-25-28-44-36(6-2)34(39)30-32(29-31(3)4)38(42)43-35-27-24-23-26-33(35)37(40)41/h7-8,10-11,13-14,16-17,19-20,23-24,26-27,31-32,36H,5-6,9,12,15,18,21-22,25,28-30H2,1-4H3,(H,40,41)/b8-7-,11-10-,14-13-,17-16-,20-19-/t32?,36-/m0/s1. The van der Waals surface area contributed by atoms with Gasteiger partial charge in [0, 0.05) is 6.42 Å². The number of hydrogen-bond acceptors (Lipinski definition) is 5. The molecule has 0 spiro atoms. The highest BCUT2D eigenvalue weighted by Crippen LogP contribution is 2.26. The number of para-hydroxylation sites is 1. The summed E-state index contributed by atoms with van der Waals surface area (Å²) in [5.41, 5.74) is -0.0675. The van der Waals surface area contributed by atoms with Gasteiger partial charge in [-0.1, -0.05) is 101 Å². The van der Waals surface area contributed by atoms with Crippen LogP contribution in [0.5, 0.6) is 5.75 Å². The molecule has 0 fully saturated rings. The average Bonchev–Trinajstić information content (AvgIpc) is 2.99. The Morgan fingerprint density at radius 2 is 1.39 bits per heavy atom. The molecule has 6 heteroatoms. The Morgan fingerprint density at radius 3 is 1.93 bits per heavy atom. The lowest BCUT2D eigenvalue weighted by atomic mass is 9.91. The van der Waals surface area contributed by atoms with Gasteiger partial charge in [0.25, 0.3) is 0 Å². The molecular formula is C38H54O5S. The molecule has 0 aromatic heterocycles. The van der Waals surface area contributed by atoms with Crippen LogP contribution in [0, 0.1) is 11.8 Å². The molecule has 1 rings (SSSR count). The number of thioether (sulfide) groups is 1. The molecule has 0 amide bonds. The van der Waals surface area contributed by atoms with Gasteiger partial charge in [-0.25, -0.2) is 4.79 Å². The minimum atomic E-state index is -1.16. The first kappa shape index (κ1) is 38.9. The SMILES string of the molecule is CC/C=C\C/C=C\C/C=C\C/C=C\C/C=C\CCCCS[C@@H](CC)C(=O)CC(CC(C)C)C(=O)Oc1ccccc1C(=O)O. The van der Waals surface area contributed by atoms with Crippen molar-refractivity contribution in [1.82, 2.24) is 0 Å². The summed E-state index contributed by atoms with van der Waals surface area (Å²) in [4.78, 5) is 37.7. The predicted octanol–water partition coefficient (Wildman–Crippen LogP) is 10.3. The molecule has 1 unspecified atom stereocenters. The zero-order valence-electron chi connectivity index (χ0n) is 27.3. The number of carboxylic acid groups (broad SMARTS) is 1. The summed E-state index contributed by atoms with van der Waals surface area (Å²) >= 11 is 1.67. The van der Waals surface area contributed by atoms with Gasteiger partial charge in [0.05, 0.1) is 11.2 Å². The normalized spacial score (nSPS) is 13.7. The number of benzene rings is 1. The third-order valence-electron chi connectivity index (χ3n) is 6.84. The van der Waals surface area contributed by atoms with Crippen LogP contribution in [0.4, 0.5) is 0 Å². The van der Waals surface area contributed by atoms with Crippen LogP contribution in [0.3, 0.4) is 0 Å². The van der Waals surface area contributed by atoms with Gasteiger partial charge in [-0.2, -0.15) is 11.8 Å². The minimum absolute atomic E-state index is 0.0140. The summed E-state index contributed by atoms with van der Waals surface area (Å²) in [6, 6.07) is 6.09. The molecule has 2 atom stereocenters. The Hall–Kier alpha value is -3.12. The fourth-order valence-electron chi connectivity index (χ4n) is 4.53. The lowest BCUT2D eigenvalue weighted by Crippen LogP contribution is -2.29. The zero-order chi connectivity index (χ0) is 32.4. The highest BCUT2D eigenvalue weighted by Gasteiger charge is 2.29. The lowest BCUT2D eigenvalue weighted by Gasteiger charge is -2.20. The van der Waals surface area contributed by atoms with Gasteiger partial charge in [0.2, 0.25) is 0 Å². The van der Waals surface area contributed by atoms with Gasteiger partial charge in [0.1, 0.15) is 17.1 Å². The molecule has 0 aliphatic heterocycles. The molecule has 5 nitrogen and oxygen atoms in total. The van der Waals surface area contributed by atoms with E-state index in [4.69, 9.17) is 4.74 Å². The van der Waals surface area contributed by atoms with Crippen molar-refractivity contribution in [2.24, 2.45) is 11.8 Å². The summed E-state index contributed by atoms with van der Waals surface area (Å²) in [5, 5.41) is 9.25. The molecule has 0 radical (unpaired) electrons. The number of ketones is 1. The van der Waals surface area contributed by atoms with E-state index in [-0.39, 0.29) is 34.7 Å². The van der Waals surface area contributed by atoms with Crippen LogP contribution in [0.25, 0.3) is 0 Å². The van der Waals surface area contributed by atoms with Crippen molar-refractivity contribution in [1.29, 1.82) is 0 Å². The van der Waals surface area contributed by atoms with E-state index in [0.717, 1.165) is 57.1 Å². The number of esters is 1. The number of aromatic carboxylic acids is 1. The van der Waals surface area contributed by atoms with Gasteiger partial charge in [0.15, 0.2) is 0 Å². The molecule has 242 valence electrons. The van der Waals surface area contributed by atoms with Crippen LogP contribution in [-0.4, -0.2) is 33.8 Å². The average molecular weight is 623 g/mol. The van der Waals surface area contributed by atoms with Crippen molar-refractivity contribution in [3.05, 3.63) is 90.6 Å². The van der Waals surface area contributed by atoms with Crippen molar-refractivity contribution in [3.8, 4) is 5.75 Å². The first-order valence-electron chi connectivity index (χ1n) is 16.2. The Kier molecular flexibility index (Phi) is 22.3. The number of carbonyl (C=O) groups is 3. The van der Waals surface area contributed by atoms with Crippen LogP contribution in [0.1, 0.15) is 109 Å². The molecule has 0 heterocycles. The van der Waals surface area contributed by atoms with Crippen LogP contribution < -0.4 is 4.74 Å². The molecular weight excluding hydrogens is 568 g/mol. The highest BCUT2D eigenvalue weighted by atomic mass is 32.2. The molecule has 0 aliphatic rings. The monoisotopic (exact) mass is 622 g/mol. The van der Waals surface area contributed by atoms with Crippen LogP contribution >= 0.6 is 11.8 Å². The van der Waals surface area contributed by atoms with E-state index in [1.165, 1.54) is 12.1 Å². The fourth-order valence-corrected chi connectivity index (χ4v) is 5.70. The molecule has 0 aliphatic carbocycles. The molecule has 0 bridgehead atoms. The van der Waals surface area contributed by atoms with Crippen molar-refractivity contribution >= 4 is 29.5 Å². The second-order valence-electron chi connectivity index (χ2n) is 11.2. The number of hydrogen-bond donors (Lipinski definition) is 1. The smallest absolute Gasteiger partial charge is 0.339 e. The number of carboxylic acids is 1. The second kappa shape index (κ2) is 25.2. The summed E-state index contributed by atoms with van der Waals surface area (Å²) < 4.78 is 5.49. The maximum absolute atomic E-state index is 13.2. The Balaban J connectivity index is 2.35. The van der Waals surface area contributed by atoms with Crippen molar-refractivity contribution in [2.75, 3.05) is 5.75 Å². The van der Waals surface area contributed by atoms with Gasteiger partial charge in [-0.05, 0) is 88.0 Å². The Labute approximate surface area is 270 Å². The molecule has 0 saturated carbocycles. The molecule has 1 aromatic carbocycles. The van der Waals surface area contributed by atoms with E-state index < -0.39 is 17.9 Å². The van der Waals surface area contributed by atoms with E-state index in [9.17, 15) is 19.5 Å². The minimum Gasteiger partial charge on any atom is -0.478 e. The number of allylic oxidation sites excluding steroid dienone is 10. The third-order valence-corrected chi connectivity index (χ3v) is 8.36. The first-order valence-corrected chi connectivity index (χ1v) is 17.3. The number of ether oxygens (including phenoxy) is 1. The van der Waals surface area contributed by atoms with Gasteiger partial charge >= 0.3 is 11.9 Å². The number of carbonyl (C=O) groups excluding carboxylic acids is 2. The Morgan fingerprint density at radius 1 is 0.818 bits per heavy atom. The summed E-state index contributed by atoms with van der Waals surface area (Å²) in [6.45, 7) is 8.15. The fraction of sp³-hybridized carbons (Fsp3) is 0.500. The molecule has 44 heavy (non-hydrogen) atoms. The quantitative estimate of drug-likeness (QED) is 0.0535. The van der Waals surface area contributed by atoms with E-state index in [1.807, 2.05) is 20.8 Å². The van der Waals surface area contributed by atoms with Crippen molar-refractivity contribution < 1.29 is 24.2 Å². The maximum atomic E-state index is 13.2. The molecule has 0 saturated heterocycles. The van der Waals surface area contributed by atoms with Crippen molar-refractivity contribution in [3.63, 3.8) is 0 Å². The van der Waals surface area contributed by atoms with Gasteiger partial charge in [-0.15, -0.1) is 0 Å². The lowest BCUT2D eigenvalue weighted by molar-refractivity contribution is -0.141. The summed E-state index contributed by atoms with van der Waals surface area (Å²) in [5.74, 6) is -1.13. The Bertz CT molecular complexity index is 1110. The largest absolute Gasteiger partial charge is 0.478 e. The molecule has 1 aromatic rings. The van der Waals surface area contributed by atoms with E-state index in [0.29, 0.717) is 12.8 Å². The van der Waals surface area contributed by atoms with E-state index in [1.54, 1.807) is 23.9 Å². The van der Waals surface area contributed by atoms with E-state index >= 15 is 0 Å². The number of rotatable bonds is 24. The first-order chi connectivity index (χ1) is 21.3. The zero-order valence-corrected chi connectivity index (χ0v) is 28.1. The van der Waals surface area contributed by atoms with Gasteiger partial charge in [-0.3, -0.25) is 9.59 Å². The van der Waals surface area contributed by atoms with E-state index in [2.05, 4.69) is 67.7 Å². The van der Waals surface area contributed by atoms with Crippen LogP contribution in [-0.2, 0) is 9.59 Å². The maximum Gasteiger partial charge on any atom is 0.339 e. The topological polar surface area (TPSA) is 80.7 Å². The predicted molar refractivity (Wildman–Crippen MR) is 186 cm³/mol. The van der Waals surface area contributed by atoms with Gasteiger partial charge < -0.3 is 9.84 Å². The third kappa shape index (κ3) is 18.5. The highest BCUT2D eigenvalue weighted by molar-refractivity contribution is 8.00. The van der Waals surface area contributed by atoms with Crippen LogP contribution in [0.15, 0.2) is 85.0 Å².